The maximum absolute atomic E-state index is 13.6. The van der Waals surface area contributed by atoms with Gasteiger partial charge in [-0.2, -0.15) is 0 Å². The van der Waals surface area contributed by atoms with Crippen molar-refractivity contribution in [1.82, 2.24) is 9.13 Å². The number of carbonyl (C=O) groups excluding carboxylic acids is 2. The molecule has 1 aromatic heterocycles. The van der Waals surface area contributed by atoms with Gasteiger partial charge in [-0.15, -0.1) is 0 Å². The third-order valence-electron chi connectivity index (χ3n) is 6.34. The molecule has 2 aromatic rings. The molecule has 0 saturated heterocycles. The Morgan fingerprint density at radius 2 is 1.70 bits per heavy atom. The molecule has 8 heteroatoms. The Morgan fingerprint density at radius 1 is 1.00 bits per heavy atom. The number of amides is 1. The predicted molar refractivity (Wildman–Crippen MR) is 108 cm³/mol. The lowest BCUT2D eigenvalue weighted by atomic mass is 9.62. The Morgan fingerprint density at radius 3 is 2.43 bits per heavy atom. The highest BCUT2D eigenvalue weighted by molar-refractivity contribution is 6.19. The van der Waals surface area contributed by atoms with Gasteiger partial charge in [0, 0.05) is 38.2 Å². The summed E-state index contributed by atoms with van der Waals surface area (Å²) in [6.45, 7) is 3.90. The van der Waals surface area contributed by atoms with Gasteiger partial charge in [-0.05, 0) is 11.5 Å². The van der Waals surface area contributed by atoms with E-state index in [1.165, 1.54) is 18.7 Å². The fourth-order valence-electron chi connectivity index (χ4n) is 5.03. The van der Waals surface area contributed by atoms with Crippen molar-refractivity contribution in [2.24, 2.45) is 19.5 Å². The number of carbonyl (C=O) groups is 2. The van der Waals surface area contributed by atoms with Gasteiger partial charge in [0.05, 0.1) is 5.57 Å². The molecule has 3 heterocycles. The van der Waals surface area contributed by atoms with Crippen molar-refractivity contribution in [3.8, 4) is 5.88 Å². The van der Waals surface area contributed by atoms with Crippen molar-refractivity contribution in [1.29, 1.82) is 0 Å². The van der Waals surface area contributed by atoms with Gasteiger partial charge in [0.1, 0.15) is 16.7 Å². The summed E-state index contributed by atoms with van der Waals surface area (Å²) in [6.07, 6.45) is 0.641. The number of allylic oxidation sites excluding steroid dienone is 1. The lowest BCUT2D eigenvalue weighted by molar-refractivity contribution is -0.124. The number of hydrogen-bond donors (Lipinski definition) is 1. The summed E-state index contributed by atoms with van der Waals surface area (Å²) in [5, 5.41) is 2.84. The molecule has 1 aliphatic carbocycles. The van der Waals surface area contributed by atoms with Crippen molar-refractivity contribution in [3.63, 3.8) is 0 Å². The molecule has 30 heavy (non-hydrogen) atoms. The number of aromatic nitrogens is 2. The van der Waals surface area contributed by atoms with Gasteiger partial charge in [-0.25, -0.2) is 4.79 Å². The van der Waals surface area contributed by atoms with Gasteiger partial charge in [0.2, 0.25) is 11.8 Å². The van der Waals surface area contributed by atoms with E-state index < -0.39 is 22.6 Å². The molecular formula is C22H21N3O5. The number of para-hydroxylation sites is 1. The van der Waals surface area contributed by atoms with Crippen LogP contribution in [0.1, 0.15) is 37.8 Å². The van der Waals surface area contributed by atoms with E-state index in [9.17, 15) is 19.2 Å². The number of fused-ring (bicyclic) bond motifs is 5. The largest absolute Gasteiger partial charge is 0.444 e. The van der Waals surface area contributed by atoms with Crippen molar-refractivity contribution < 1.29 is 14.3 Å². The first kappa shape index (κ1) is 18.6. The normalized spacial score (nSPS) is 23.6. The molecule has 0 bridgehead atoms. The van der Waals surface area contributed by atoms with E-state index >= 15 is 0 Å². The zero-order valence-electron chi connectivity index (χ0n) is 17.2. The van der Waals surface area contributed by atoms with Gasteiger partial charge in [-0.1, -0.05) is 32.0 Å². The lowest BCUT2D eigenvalue weighted by Gasteiger charge is -2.42. The summed E-state index contributed by atoms with van der Waals surface area (Å²) in [5.74, 6) is -0.350. The highest BCUT2D eigenvalue weighted by Crippen LogP contribution is 2.56. The van der Waals surface area contributed by atoms with Crippen LogP contribution in [-0.2, 0) is 29.1 Å². The molecule has 154 valence electrons. The van der Waals surface area contributed by atoms with E-state index in [2.05, 4.69) is 5.32 Å². The quantitative estimate of drug-likeness (QED) is 0.711. The SMILES string of the molecule is Cn1c2c(c(=O)n(C)c1=O)C1(C(=O)Nc3ccccc31)C1=C(CC(C)(C)CC1=O)O2. The minimum absolute atomic E-state index is 0.00126. The van der Waals surface area contributed by atoms with Crippen LogP contribution in [-0.4, -0.2) is 20.8 Å². The van der Waals surface area contributed by atoms with Crippen LogP contribution in [0.3, 0.4) is 0 Å². The van der Waals surface area contributed by atoms with Gasteiger partial charge in [-0.3, -0.25) is 23.5 Å². The number of Topliss-reactive ketones (excluding diaryl/α,β-unsaturated/α-hetero) is 1. The smallest absolute Gasteiger partial charge is 0.333 e. The fourth-order valence-corrected chi connectivity index (χ4v) is 5.03. The number of anilines is 1. The number of nitrogens with one attached hydrogen (secondary N) is 1. The Kier molecular flexibility index (Phi) is 3.47. The first-order valence-electron chi connectivity index (χ1n) is 9.76. The topological polar surface area (TPSA) is 99.4 Å². The summed E-state index contributed by atoms with van der Waals surface area (Å²) >= 11 is 0. The number of hydrogen-bond acceptors (Lipinski definition) is 5. The van der Waals surface area contributed by atoms with Crippen LogP contribution in [0.5, 0.6) is 5.88 Å². The minimum atomic E-state index is -1.65. The molecule has 2 aliphatic heterocycles. The van der Waals surface area contributed by atoms with E-state index in [-0.39, 0.29) is 34.6 Å². The second kappa shape index (κ2) is 5.59. The lowest BCUT2D eigenvalue weighted by Crippen LogP contribution is -2.53. The first-order valence-corrected chi connectivity index (χ1v) is 9.76. The highest BCUT2D eigenvalue weighted by atomic mass is 16.5. The van der Waals surface area contributed by atoms with E-state index in [1.54, 1.807) is 24.3 Å². The second-order valence-electron chi connectivity index (χ2n) is 8.98. The van der Waals surface area contributed by atoms with E-state index in [4.69, 9.17) is 4.74 Å². The molecule has 0 fully saturated rings. The maximum Gasteiger partial charge on any atom is 0.333 e. The molecule has 0 saturated carbocycles. The van der Waals surface area contributed by atoms with E-state index in [1.807, 2.05) is 13.8 Å². The molecule has 3 aliphatic rings. The molecule has 1 amide bonds. The monoisotopic (exact) mass is 407 g/mol. The molecule has 1 unspecified atom stereocenters. The van der Waals surface area contributed by atoms with Crippen LogP contribution in [0.4, 0.5) is 5.69 Å². The Balaban J connectivity index is 2.00. The first-order chi connectivity index (χ1) is 14.1. The number of ether oxygens (including phenoxy) is 1. The van der Waals surface area contributed by atoms with Crippen molar-refractivity contribution in [3.05, 3.63) is 67.6 Å². The minimum Gasteiger partial charge on any atom is -0.444 e. The van der Waals surface area contributed by atoms with Crippen LogP contribution in [0.15, 0.2) is 45.2 Å². The molecule has 1 aromatic carbocycles. The molecular weight excluding hydrogens is 386 g/mol. The number of rotatable bonds is 0. The summed E-state index contributed by atoms with van der Waals surface area (Å²) < 4.78 is 8.24. The average molecular weight is 407 g/mol. The zero-order chi connectivity index (χ0) is 21.6. The summed E-state index contributed by atoms with van der Waals surface area (Å²) in [7, 11) is 2.85. The van der Waals surface area contributed by atoms with Crippen molar-refractivity contribution >= 4 is 17.4 Å². The van der Waals surface area contributed by atoms with Crippen molar-refractivity contribution in [2.75, 3.05) is 5.32 Å². The standard InChI is InChI=1S/C22H21N3O5/c1-21(2)9-13(26)15-14(10-21)30-18-16(17(27)24(3)20(29)25(18)4)22(15)11-7-5-6-8-12(11)23-19(22)28/h5-8H,9-10H2,1-4H3,(H,23,28). The number of nitrogens with zero attached hydrogens (tertiary/aromatic N) is 2. The van der Waals surface area contributed by atoms with Crippen LogP contribution in [0.25, 0.3) is 0 Å². The summed E-state index contributed by atoms with van der Waals surface area (Å²) in [4.78, 5) is 53.0. The van der Waals surface area contributed by atoms with Crippen LogP contribution in [0.2, 0.25) is 0 Å². The van der Waals surface area contributed by atoms with Crippen LogP contribution in [0, 0.1) is 5.41 Å². The molecule has 0 radical (unpaired) electrons. The van der Waals surface area contributed by atoms with Crippen LogP contribution < -0.4 is 21.3 Å². The maximum atomic E-state index is 13.6. The molecule has 8 nitrogen and oxygen atoms in total. The molecule has 1 N–H and O–H groups in total. The van der Waals surface area contributed by atoms with Gasteiger partial charge in [0.15, 0.2) is 5.78 Å². The van der Waals surface area contributed by atoms with E-state index in [0.717, 1.165) is 4.57 Å². The Hall–Kier alpha value is -3.42. The highest BCUT2D eigenvalue weighted by Gasteiger charge is 2.61. The predicted octanol–water partition coefficient (Wildman–Crippen LogP) is 1.36. The molecule has 5 rings (SSSR count). The van der Waals surface area contributed by atoms with Gasteiger partial charge in [0.25, 0.3) is 5.56 Å². The molecule has 1 spiro atoms. The third kappa shape index (κ3) is 2.05. The third-order valence-corrected chi connectivity index (χ3v) is 6.34. The van der Waals surface area contributed by atoms with Crippen LogP contribution >= 0.6 is 0 Å². The zero-order valence-corrected chi connectivity index (χ0v) is 17.2. The van der Waals surface area contributed by atoms with Crippen molar-refractivity contribution in [2.45, 2.75) is 32.1 Å². The van der Waals surface area contributed by atoms with E-state index in [0.29, 0.717) is 23.4 Å². The fraction of sp³-hybridized carbons (Fsp3) is 0.364. The second-order valence-corrected chi connectivity index (χ2v) is 8.98. The average Bonchev–Trinajstić information content (AvgIpc) is 2.95. The number of benzene rings is 1. The Bertz CT molecular complexity index is 1330. The molecule has 1 atom stereocenters. The Labute approximate surface area is 171 Å². The van der Waals surface area contributed by atoms with Gasteiger partial charge >= 0.3 is 5.69 Å². The summed E-state index contributed by atoms with van der Waals surface area (Å²) in [5.41, 5.74) is -1.97. The van der Waals surface area contributed by atoms with Gasteiger partial charge < -0.3 is 10.1 Å². The summed E-state index contributed by atoms with van der Waals surface area (Å²) in [6, 6.07) is 7.02. The number of ketones is 1.